The summed E-state index contributed by atoms with van der Waals surface area (Å²) < 4.78 is 5.45. The van der Waals surface area contributed by atoms with Gasteiger partial charge in [0, 0.05) is 23.0 Å². The summed E-state index contributed by atoms with van der Waals surface area (Å²) in [5.41, 5.74) is 6.18. The Balaban J connectivity index is 1.81. The molecule has 3 aromatic rings. The number of aromatic amines is 1. The number of methoxy groups -OCH3 is 1. The number of aryl methyl sites for hydroxylation is 2. The van der Waals surface area contributed by atoms with Gasteiger partial charge in [-0.15, -0.1) is 0 Å². The average Bonchev–Trinajstić information content (AvgIpc) is 2.86. The van der Waals surface area contributed by atoms with Gasteiger partial charge in [0.05, 0.1) is 30.4 Å². The molecule has 0 fully saturated rings. The SMILES string of the molecule is COc1c(C)cnc(CNc2ccc3nc(C)[nH]c3c2)c1C. The summed E-state index contributed by atoms with van der Waals surface area (Å²) in [6, 6.07) is 6.11. The summed E-state index contributed by atoms with van der Waals surface area (Å²) in [6.07, 6.45) is 1.85. The largest absolute Gasteiger partial charge is 0.496 e. The first kappa shape index (κ1) is 14.4. The Morgan fingerprint density at radius 1 is 1.23 bits per heavy atom. The minimum absolute atomic E-state index is 0.654. The van der Waals surface area contributed by atoms with Crippen molar-refractivity contribution in [2.75, 3.05) is 12.4 Å². The molecule has 2 N–H and O–H groups in total. The van der Waals surface area contributed by atoms with Crippen LogP contribution in [0.4, 0.5) is 5.69 Å². The lowest BCUT2D eigenvalue weighted by Crippen LogP contribution is -2.06. The van der Waals surface area contributed by atoms with Gasteiger partial charge in [0.2, 0.25) is 0 Å². The third-order valence-corrected chi connectivity index (χ3v) is 3.81. The van der Waals surface area contributed by atoms with E-state index in [1.165, 1.54) is 0 Å². The molecule has 0 bridgehead atoms. The van der Waals surface area contributed by atoms with E-state index in [2.05, 4.69) is 26.3 Å². The minimum Gasteiger partial charge on any atom is -0.496 e. The maximum Gasteiger partial charge on any atom is 0.128 e. The molecule has 0 spiro atoms. The molecule has 3 rings (SSSR count). The highest BCUT2D eigenvalue weighted by molar-refractivity contribution is 5.79. The lowest BCUT2D eigenvalue weighted by Gasteiger charge is -2.13. The second-order valence-corrected chi connectivity index (χ2v) is 5.45. The second kappa shape index (κ2) is 5.67. The molecule has 0 saturated heterocycles. The molecule has 0 aliphatic heterocycles. The van der Waals surface area contributed by atoms with Gasteiger partial charge in [-0.3, -0.25) is 4.98 Å². The molecule has 0 saturated carbocycles. The number of imidazole rings is 1. The van der Waals surface area contributed by atoms with Crippen LogP contribution in [0.25, 0.3) is 11.0 Å². The number of aromatic nitrogens is 3. The van der Waals surface area contributed by atoms with Crippen molar-refractivity contribution in [3.63, 3.8) is 0 Å². The lowest BCUT2D eigenvalue weighted by atomic mass is 10.1. The zero-order valence-corrected chi connectivity index (χ0v) is 13.3. The van der Waals surface area contributed by atoms with Crippen LogP contribution >= 0.6 is 0 Å². The first-order chi connectivity index (χ1) is 10.6. The normalized spacial score (nSPS) is 10.9. The number of hydrogen-bond donors (Lipinski definition) is 2. The van der Waals surface area contributed by atoms with Gasteiger partial charge in [-0.1, -0.05) is 0 Å². The highest BCUT2D eigenvalue weighted by Gasteiger charge is 2.09. The van der Waals surface area contributed by atoms with Crippen LogP contribution in [0.15, 0.2) is 24.4 Å². The summed E-state index contributed by atoms with van der Waals surface area (Å²) in [5.74, 6) is 1.83. The number of nitrogens with zero attached hydrogens (tertiary/aromatic N) is 2. The molecule has 2 heterocycles. The van der Waals surface area contributed by atoms with Gasteiger partial charge in [-0.2, -0.15) is 0 Å². The molecule has 0 unspecified atom stereocenters. The third kappa shape index (κ3) is 2.62. The van der Waals surface area contributed by atoms with Crippen molar-refractivity contribution in [1.29, 1.82) is 0 Å². The van der Waals surface area contributed by atoms with Crippen LogP contribution in [-0.4, -0.2) is 22.1 Å². The number of pyridine rings is 1. The zero-order valence-electron chi connectivity index (χ0n) is 13.3. The molecular formula is C17H20N4O. The Hall–Kier alpha value is -2.56. The molecule has 0 radical (unpaired) electrons. The Labute approximate surface area is 129 Å². The van der Waals surface area contributed by atoms with Crippen LogP contribution < -0.4 is 10.1 Å². The molecule has 22 heavy (non-hydrogen) atoms. The van der Waals surface area contributed by atoms with Crippen molar-refractivity contribution < 1.29 is 4.74 Å². The van der Waals surface area contributed by atoms with E-state index in [-0.39, 0.29) is 0 Å². The topological polar surface area (TPSA) is 62.8 Å². The Bertz CT molecular complexity index is 823. The van der Waals surface area contributed by atoms with Crippen molar-refractivity contribution >= 4 is 16.7 Å². The van der Waals surface area contributed by atoms with Crippen molar-refractivity contribution in [2.45, 2.75) is 27.3 Å². The zero-order chi connectivity index (χ0) is 15.7. The number of ether oxygens (including phenoxy) is 1. The number of hydrogen-bond acceptors (Lipinski definition) is 4. The number of H-pyrrole nitrogens is 1. The van der Waals surface area contributed by atoms with E-state index < -0.39 is 0 Å². The van der Waals surface area contributed by atoms with E-state index in [0.717, 1.165) is 45.1 Å². The fraction of sp³-hybridized carbons (Fsp3) is 0.294. The fourth-order valence-corrected chi connectivity index (χ4v) is 2.68. The summed E-state index contributed by atoms with van der Waals surface area (Å²) >= 11 is 0. The fourth-order valence-electron chi connectivity index (χ4n) is 2.68. The van der Waals surface area contributed by atoms with Crippen LogP contribution in [0.1, 0.15) is 22.6 Å². The van der Waals surface area contributed by atoms with E-state index in [0.29, 0.717) is 6.54 Å². The summed E-state index contributed by atoms with van der Waals surface area (Å²) in [6.45, 7) is 6.65. The van der Waals surface area contributed by atoms with E-state index >= 15 is 0 Å². The van der Waals surface area contributed by atoms with Crippen LogP contribution in [0, 0.1) is 20.8 Å². The third-order valence-electron chi connectivity index (χ3n) is 3.81. The van der Waals surface area contributed by atoms with Gasteiger partial charge in [0.1, 0.15) is 11.6 Å². The predicted molar refractivity (Wildman–Crippen MR) is 88.4 cm³/mol. The van der Waals surface area contributed by atoms with Gasteiger partial charge in [-0.05, 0) is 39.0 Å². The Morgan fingerprint density at radius 2 is 2.05 bits per heavy atom. The Morgan fingerprint density at radius 3 is 2.82 bits per heavy atom. The van der Waals surface area contributed by atoms with Crippen molar-refractivity contribution in [3.8, 4) is 5.75 Å². The van der Waals surface area contributed by atoms with Gasteiger partial charge in [0.25, 0.3) is 0 Å². The highest BCUT2D eigenvalue weighted by Crippen LogP contribution is 2.25. The number of benzene rings is 1. The molecule has 0 aliphatic carbocycles. The lowest BCUT2D eigenvalue weighted by molar-refractivity contribution is 0.407. The van der Waals surface area contributed by atoms with Gasteiger partial charge >= 0.3 is 0 Å². The number of fused-ring (bicyclic) bond motifs is 1. The number of rotatable bonds is 4. The Kier molecular flexibility index (Phi) is 3.71. The summed E-state index contributed by atoms with van der Waals surface area (Å²) in [4.78, 5) is 12.2. The first-order valence-corrected chi connectivity index (χ1v) is 7.28. The van der Waals surface area contributed by atoms with E-state index in [1.807, 2.05) is 39.1 Å². The van der Waals surface area contributed by atoms with E-state index in [9.17, 15) is 0 Å². The van der Waals surface area contributed by atoms with Crippen molar-refractivity contribution in [1.82, 2.24) is 15.0 Å². The van der Waals surface area contributed by atoms with Gasteiger partial charge < -0.3 is 15.0 Å². The highest BCUT2D eigenvalue weighted by atomic mass is 16.5. The predicted octanol–water partition coefficient (Wildman–Crippen LogP) is 3.50. The smallest absolute Gasteiger partial charge is 0.128 e. The van der Waals surface area contributed by atoms with Gasteiger partial charge in [0.15, 0.2) is 0 Å². The van der Waals surface area contributed by atoms with E-state index in [1.54, 1.807) is 7.11 Å². The molecule has 0 aliphatic rings. The standard InChI is InChI=1S/C17H20N4O/c1-10-8-19-16(11(2)17(10)22-4)9-18-13-5-6-14-15(7-13)21-12(3)20-14/h5-8,18H,9H2,1-4H3,(H,20,21). The summed E-state index contributed by atoms with van der Waals surface area (Å²) in [5, 5.41) is 3.41. The number of nitrogens with one attached hydrogen (secondary N) is 2. The second-order valence-electron chi connectivity index (χ2n) is 5.45. The molecule has 114 valence electrons. The van der Waals surface area contributed by atoms with Crippen LogP contribution in [0.5, 0.6) is 5.75 Å². The van der Waals surface area contributed by atoms with Crippen LogP contribution in [-0.2, 0) is 6.54 Å². The molecule has 1 aromatic carbocycles. The van der Waals surface area contributed by atoms with Crippen molar-refractivity contribution in [2.24, 2.45) is 0 Å². The van der Waals surface area contributed by atoms with Crippen LogP contribution in [0.3, 0.4) is 0 Å². The molecule has 0 atom stereocenters. The molecule has 5 nitrogen and oxygen atoms in total. The maximum atomic E-state index is 5.45. The quantitative estimate of drug-likeness (QED) is 0.773. The molecule has 0 amide bonds. The monoisotopic (exact) mass is 296 g/mol. The minimum atomic E-state index is 0.654. The average molecular weight is 296 g/mol. The maximum absolute atomic E-state index is 5.45. The number of anilines is 1. The van der Waals surface area contributed by atoms with Crippen LogP contribution in [0.2, 0.25) is 0 Å². The van der Waals surface area contributed by atoms with Crippen molar-refractivity contribution in [3.05, 3.63) is 47.0 Å². The summed E-state index contributed by atoms with van der Waals surface area (Å²) in [7, 11) is 1.70. The molecular weight excluding hydrogens is 276 g/mol. The molecule has 2 aromatic heterocycles. The van der Waals surface area contributed by atoms with E-state index in [4.69, 9.17) is 4.74 Å². The first-order valence-electron chi connectivity index (χ1n) is 7.28. The van der Waals surface area contributed by atoms with Gasteiger partial charge in [-0.25, -0.2) is 4.98 Å². The molecule has 5 heteroatoms.